The second-order valence-corrected chi connectivity index (χ2v) is 6.52. The van der Waals surface area contributed by atoms with Gasteiger partial charge in [0.2, 0.25) is 5.88 Å². The second-order valence-electron chi connectivity index (χ2n) is 6.52. The van der Waals surface area contributed by atoms with E-state index < -0.39 is 0 Å². The number of nitrogens with zero attached hydrogens (tertiary/aromatic N) is 3. The minimum absolute atomic E-state index is 0. The number of aromatic nitrogens is 3. The lowest BCUT2D eigenvalue weighted by Crippen LogP contribution is -2.33. The van der Waals surface area contributed by atoms with E-state index in [1.807, 2.05) is 12.3 Å². The van der Waals surface area contributed by atoms with Crippen LogP contribution in [0, 0.1) is 6.92 Å². The van der Waals surface area contributed by atoms with Crippen molar-refractivity contribution < 1.29 is 10.9 Å². The molecule has 0 aliphatic carbocycles. The van der Waals surface area contributed by atoms with Crippen LogP contribution in [0.5, 0.6) is 11.6 Å². The number of fused-ring (bicyclic) bond motifs is 2. The fourth-order valence-electron chi connectivity index (χ4n) is 3.39. The molecule has 1 atom stereocenters. The zero-order valence-corrected chi connectivity index (χ0v) is 14.7. The third-order valence-corrected chi connectivity index (χ3v) is 4.77. The lowest BCUT2D eigenvalue weighted by atomic mass is 10.0. The van der Waals surface area contributed by atoms with E-state index in [0.29, 0.717) is 18.7 Å². The van der Waals surface area contributed by atoms with Gasteiger partial charge in [-0.25, -0.2) is 9.97 Å². The summed E-state index contributed by atoms with van der Waals surface area (Å²) in [5.74, 6) is 1.49. The Balaban J connectivity index is 0.00000196. The molecule has 0 bridgehead atoms. The van der Waals surface area contributed by atoms with Crippen molar-refractivity contribution in [1.29, 1.82) is 0 Å². The zero-order valence-electron chi connectivity index (χ0n) is 14.7. The highest BCUT2D eigenvalue weighted by atomic mass is 16.5. The SMILES string of the molecule is COCn1ccc2c(C)c(Oc3ncnc4c3C[C@H](C)NC4)ccc21.[HH]. The lowest BCUT2D eigenvalue weighted by Gasteiger charge is -2.23. The van der Waals surface area contributed by atoms with E-state index in [0.717, 1.165) is 46.4 Å². The molecule has 4 rings (SSSR count). The number of nitrogens with one attached hydrogen (secondary N) is 1. The van der Waals surface area contributed by atoms with Gasteiger partial charge in [0, 0.05) is 43.8 Å². The zero-order chi connectivity index (χ0) is 17.4. The van der Waals surface area contributed by atoms with Crippen molar-refractivity contribution in [2.24, 2.45) is 0 Å². The summed E-state index contributed by atoms with van der Waals surface area (Å²) in [5.41, 5.74) is 4.36. The molecule has 0 saturated heterocycles. The molecule has 1 aliphatic rings. The van der Waals surface area contributed by atoms with Crippen molar-refractivity contribution in [3.8, 4) is 11.6 Å². The van der Waals surface area contributed by atoms with Crippen molar-refractivity contribution in [1.82, 2.24) is 19.9 Å². The monoisotopic (exact) mass is 340 g/mol. The van der Waals surface area contributed by atoms with Crippen molar-refractivity contribution in [3.63, 3.8) is 0 Å². The molecule has 0 unspecified atom stereocenters. The molecule has 25 heavy (non-hydrogen) atoms. The highest BCUT2D eigenvalue weighted by Crippen LogP contribution is 2.33. The number of benzene rings is 1. The Morgan fingerprint density at radius 1 is 1.32 bits per heavy atom. The number of aryl methyl sites for hydroxylation is 1. The maximum Gasteiger partial charge on any atom is 0.225 e. The van der Waals surface area contributed by atoms with E-state index in [4.69, 9.17) is 9.47 Å². The summed E-state index contributed by atoms with van der Waals surface area (Å²) in [6.07, 6.45) is 4.48. The van der Waals surface area contributed by atoms with Crippen LogP contribution in [0.25, 0.3) is 10.9 Å². The Labute approximate surface area is 148 Å². The largest absolute Gasteiger partial charge is 0.438 e. The minimum Gasteiger partial charge on any atom is -0.438 e. The van der Waals surface area contributed by atoms with Crippen LogP contribution < -0.4 is 10.1 Å². The van der Waals surface area contributed by atoms with Crippen LogP contribution in [0.15, 0.2) is 30.7 Å². The van der Waals surface area contributed by atoms with Gasteiger partial charge in [0.15, 0.2) is 0 Å². The van der Waals surface area contributed by atoms with E-state index in [-0.39, 0.29) is 1.43 Å². The van der Waals surface area contributed by atoms with Gasteiger partial charge in [0.05, 0.1) is 11.2 Å². The van der Waals surface area contributed by atoms with Crippen LogP contribution in [0.4, 0.5) is 0 Å². The van der Waals surface area contributed by atoms with Crippen LogP contribution in [-0.2, 0) is 24.4 Å². The summed E-state index contributed by atoms with van der Waals surface area (Å²) in [6, 6.07) is 6.56. The van der Waals surface area contributed by atoms with Gasteiger partial charge in [-0.3, -0.25) is 0 Å². The maximum absolute atomic E-state index is 6.21. The summed E-state index contributed by atoms with van der Waals surface area (Å²) in [7, 11) is 1.70. The first-order chi connectivity index (χ1) is 12.2. The minimum atomic E-state index is 0. The van der Waals surface area contributed by atoms with Gasteiger partial charge >= 0.3 is 0 Å². The summed E-state index contributed by atoms with van der Waals surface area (Å²) < 4.78 is 13.5. The molecular weight excluding hydrogens is 316 g/mol. The van der Waals surface area contributed by atoms with E-state index in [1.165, 1.54) is 0 Å². The summed E-state index contributed by atoms with van der Waals surface area (Å²) in [5, 5.41) is 4.58. The van der Waals surface area contributed by atoms with E-state index >= 15 is 0 Å². The van der Waals surface area contributed by atoms with Crippen molar-refractivity contribution in [2.75, 3.05) is 7.11 Å². The second kappa shape index (κ2) is 6.46. The predicted octanol–water partition coefficient (Wildman–Crippen LogP) is 3.42. The first-order valence-electron chi connectivity index (χ1n) is 8.48. The molecule has 2 aromatic heterocycles. The average Bonchev–Trinajstić information content (AvgIpc) is 3.02. The summed E-state index contributed by atoms with van der Waals surface area (Å²) in [6.45, 7) is 5.53. The molecular formula is C19H24N4O2. The van der Waals surface area contributed by atoms with Gasteiger partial charge in [-0.2, -0.15) is 0 Å². The third kappa shape index (κ3) is 2.88. The van der Waals surface area contributed by atoms with Gasteiger partial charge in [-0.15, -0.1) is 0 Å². The first-order valence-corrected chi connectivity index (χ1v) is 8.48. The van der Waals surface area contributed by atoms with Crippen LogP contribution >= 0.6 is 0 Å². The smallest absolute Gasteiger partial charge is 0.225 e. The van der Waals surface area contributed by atoms with Crippen molar-refractivity contribution >= 4 is 10.9 Å². The Morgan fingerprint density at radius 3 is 3.04 bits per heavy atom. The lowest BCUT2D eigenvalue weighted by molar-refractivity contribution is 0.135. The third-order valence-electron chi connectivity index (χ3n) is 4.77. The van der Waals surface area contributed by atoms with Crippen molar-refractivity contribution in [3.05, 3.63) is 47.5 Å². The molecule has 6 nitrogen and oxygen atoms in total. The standard InChI is InChI=1S/C19H22N4O2.H2/c1-12-8-15-16(9-20-12)21-10-22-19(15)25-18-5-4-17-14(13(18)2)6-7-23(17)11-24-3;/h4-7,10,12,20H,8-9,11H2,1-3H3;1H/t12-;/m0./s1. The molecule has 1 aliphatic heterocycles. The molecule has 132 valence electrons. The van der Waals surface area contributed by atoms with Gasteiger partial charge in [0.1, 0.15) is 18.8 Å². The molecule has 1 aromatic carbocycles. The maximum atomic E-state index is 6.21. The van der Waals surface area contributed by atoms with Crippen LogP contribution in [-0.4, -0.2) is 27.7 Å². The van der Waals surface area contributed by atoms with Gasteiger partial charge in [0.25, 0.3) is 0 Å². The average molecular weight is 340 g/mol. The normalized spacial score (nSPS) is 16.8. The molecule has 3 heterocycles. The fraction of sp³-hybridized carbons (Fsp3) is 0.368. The Hall–Kier alpha value is -2.44. The molecule has 1 N–H and O–H groups in total. The van der Waals surface area contributed by atoms with E-state index in [9.17, 15) is 0 Å². The Kier molecular flexibility index (Phi) is 4.15. The summed E-state index contributed by atoms with van der Waals surface area (Å²) in [4.78, 5) is 8.77. The molecule has 6 heteroatoms. The fourth-order valence-corrected chi connectivity index (χ4v) is 3.39. The van der Waals surface area contributed by atoms with Gasteiger partial charge < -0.3 is 19.4 Å². The number of hydrogen-bond donors (Lipinski definition) is 1. The highest BCUT2D eigenvalue weighted by molar-refractivity contribution is 5.85. The van der Waals surface area contributed by atoms with E-state index in [2.05, 4.69) is 45.8 Å². The summed E-state index contributed by atoms with van der Waals surface area (Å²) >= 11 is 0. The van der Waals surface area contributed by atoms with Gasteiger partial charge in [-0.1, -0.05) is 0 Å². The topological polar surface area (TPSA) is 61.2 Å². The quantitative estimate of drug-likeness (QED) is 0.788. The molecule has 0 amide bonds. The first kappa shape index (κ1) is 16.1. The Morgan fingerprint density at radius 2 is 2.20 bits per heavy atom. The molecule has 0 saturated carbocycles. The molecule has 0 fully saturated rings. The molecule has 0 radical (unpaired) electrons. The number of methoxy groups -OCH3 is 1. The van der Waals surface area contributed by atoms with Crippen LogP contribution in [0.1, 0.15) is 25.2 Å². The number of rotatable bonds is 4. The highest BCUT2D eigenvalue weighted by Gasteiger charge is 2.21. The van der Waals surface area contributed by atoms with Crippen LogP contribution in [0.3, 0.4) is 0 Å². The number of ether oxygens (including phenoxy) is 2. The molecule has 0 spiro atoms. The van der Waals surface area contributed by atoms with E-state index in [1.54, 1.807) is 13.4 Å². The molecule has 3 aromatic rings. The van der Waals surface area contributed by atoms with Gasteiger partial charge in [-0.05, 0) is 38.5 Å². The van der Waals surface area contributed by atoms with Crippen LogP contribution in [0.2, 0.25) is 0 Å². The van der Waals surface area contributed by atoms with Crippen molar-refractivity contribution in [2.45, 2.75) is 39.6 Å². The Bertz CT molecular complexity index is 925. The number of hydrogen-bond acceptors (Lipinski definition) is 5. The predicted molar refractivity (Wildman–Crippen MR) is 97.9 cm³/mol.